The molecule has 1 fully saturated rings. The van der Waals surface area contributed by atoms with E-state index in [1.165, 1.54) is 30.4 Å². The van der Waals surface area contributed by atoms with E-state index < -0.39 is 0 Å². The Morgan fingerprint density at radius 1 is 1.11 bits per heavy atom. The molecule has 3 rings (SSSR count). The van der Waals surface area contributed by atoms with Gasteiger partial charge in [0.25, 0.3) is 0 Å². The van der Waals surface area contributed by atoms with Gasteiger partial charge in [-0.2, -0.15) is 0 Å². The summed E-state index contributed by atoms with van der Waals surface area (Å²) in [5.41, 5.74) is 3.05. The monoisotopic (exact) mass is 258 g/mol. The SMILES string of the molecule is CC(=O)N1CCN([C@H]2CCc3ccccc3C2)CC1. The summed E-state index contributed by atoms with van der Waals surface area (Å²) in [5, 5.41) is 0. The van der Waals surface area contributed by atoms with Gasteiger partial charge in [0.1, 0.15) is 0 Å². The van der Waals surface area contributed by atoms with E-state index in [0.717, 1.165) is 26.2 Å². The van der Waals surface area contributed by atoms with Crippen LogP contribution in [0.3, 0.4) is 0 Å². The number of amides is 1. The standard InChI is InChI=1S/C16H22N2O/c1-13(19)17-8-10-18(11-9-17)16-7-6-14-4-2-3-5-15(14)12-16/h2-5,16H,6-12H2,1H3/t16-/m0/s1. The van der Waals surface area contributed by atoms with Crippen molar-refractivity contribution in [2.75, 3.05) is 26.2 Å². The number of benzene rings is 1. The second-order valence-electron chi connectivity index (χ2n) is 5.71. The van der Waals surface area contributed by atoms with Crippen molar-refractivity contribution >= 4 is 5.91 Å². The van der Waals surface area contributed by atoms with Crippen LogP contribution in [-0.4, -0.2) is 47.9 Å². The Morgan fingerprint density at radius 3 is 2.47 bits per heavy atom. The number of fused-ring (bicyclic) bond motifs is 1. The fraction of sp³-hybridized carbons (Fsp3) is 0.562. The van der Waals surface area contributed by atoms with E-state index in [1.54, 1.807) is 6.92 Å². The Bertz CT molecular complexity index is 464. The second-order valence-corrected chi connectivity index (χ2v) is 5.71. The van der Waals surface area contributed by atoms with Gasteiger partial charge in [0.05, 0.1) is 0 Å². The summed E-state index contributed by atoms with van der Waals surface area (Å²) in [6.07, 6.45) is 3.64. The molecule has 1 aromatic carbocycles. The Kier molecular flexibility index (Phi) is 3.56. The molecule has 1 saturated heterocycles. The first-order chi connectivity index (χ1) is 9.24. The first-order valence-corrected chi connectivity index (χ1v) is 7.30. The molecule has 0 bridgehead atoms. The zero-order valence-electron chi connectivity index (χ0n) is 11.6. The summed E-state index contributed by atoms with van der Waals surface area (Å²) in [5.74, 6) is 0.216. The van der Waals surface area contributed by atoms with E-state index in [4.69, 9.17) is 0 Å². The Labute approximate surface area is 115 Å². The van der Waals surface area contributed by atoms with Crippen LogP contribution in [0.1, 0.15) is 24.5 Å². The summed E-state index contributed by atoms with van der Waals surface area (Å²) in [6, 6.07) is 9.50. The fourth-order valence-corrected chi connectivity index (χ4v) is 3.39. The minimum absolute atomic E-state index is 0.216. The molecule has 1 amide bonds. The van der Waals surface area contributed by atoms with E-state index in [2.05, 4.69) is 29.2 Å². The molecule has 102 valence electrons. The molecule has 1 aliphatic carbocycles. The van der Waals surface area contributed by atoms with Gasteiger partial charge in [-0.1, -0.05) is 24.3 Å². The molecule has 2 aliphatic rings. The first-order valence-electron chi connectivity index (χ1n) is 7.30. The largest absolute Gasteiger partial charge is 0.340 e. The lowest BCUT2D eigenvalue weighted by molar-refractivity contribution is -0.130. The van der Waals surface area contributed by atoms with Gasteiger partial charge < -0.3 is 4.90 Å². The van der Waals surface area contributed by atoms with E-state index in [9.17, 15) is 4.79 Å². The van der Waals surface area contributed by atoms with Crippen molar-refractivity contribution in [3.8, 4) is 0 Å². The molecule has 1 heterocycles. The summed E-state index contributed by atoms with van der Waals surface area (Å²) in [4.78, 5) is 15.9. The minimum atomic E-state index is 0.216. The molecular weight excluding hydrogens is 236 g/mol. The normalized spacial score (nSPS) is 24.1. The van der Waals surface area contributed by atoms with Gasteiger partial charge in [0.15, 0.2) is 0 Å². The number of piperazine rings is 1. The molecule has 3 nitrogen and oxygen atoms in total. The third kappa shape index (κ3) is 2.66. The number of hydrogen-bond acceptors (Lipinski definition) is 2. The van der Waals surface area contributed by atoms with E-state index in [1.807, 2.05) is 4.90 Å². The minimum Gasteiger partial charge on any atom is -0.340 e. The predicted molar refractivity (Wildman–Crippen MR) is 76.1 cm³/mol. The lowest BCUT2D eigenvalue weighted by Crippen LogP contribution is -2.52. The van der Waals surface area contributed by atoms with Crippen LogP contribution in [0.5, 0.6) is 0 Å². The van der Waals surface area contributed by atoms with Crippen LogP contribution in [0.4, 0.5) is 0 Å². The van der Waals surface area contributed by atoms with Crippen molar-refractivity contribution in [1.82, 2.24) is 9.80 Å². The van der Waals surface area contributed by atoms with Crippen molar-refractivity contribution in [2.45, 2.75) is 32.2 Å². The van der Waals surface area contributed by atoms with Crippen LogP contribution in [0.2, 0.25) is 0 Å². The van der Waals surface area contributed by atoms with Crippen LogP contribution in [0, 0.1) is 0 Å². The molecule has 0 aromatic heterocycles. The van der Waals surface area contributed by atoms with Gasteiger partial charge >= 0.3 is 0 Å². The smallest absolute Gasteiger partial charge is 0.219 e. The summed E-state index contributed by atoms with van der Waals surface area (Å²) in [6.45, 7) is 5.53. The van der Waals surface area contributed by atoms with Crippen molar-refractivity contribution in [1.29, 1.82) is 0 Å². The lowest BCUT2D eigenvalue weighted by Gasteiger charge is -2.40. The zero-order valence-corrected chi connectivity index (χ0v) is 11.6. The maximum atomic E-state index is 11.4. The predicted octanol–water partition coefficient (Wildman–Crippen LogP) is 1.71. The van der Waals surface area contributed by atoms with Gasteiger partial charge in [-0.05, 0) is 30.4 Å². The van der Waals surface area contributed by atoms with Crippen molar-refractivity contribution in [3.05, 3.63) is 35.4 Å². The molecule has 1 aliphatic heterocycles. The van der Waals surface area contributed by atoms with Crippen LogP contribution in [0.15, 0.2) is 24.3 Å². The fourth-order valence-electron chi connectivity index (χ4n) is 3.39. The highest BCUT2D eigenvalue weighted by Gasteiger charge is 2.27. The average Bonchev–Trinajstić information content (AvgIpc) is 2.47. The Balaban J connectivity index is 1.62. The topological polar surface area (TPSA) is 23.6 Å². The molecule has 0 unspecified atom stereocenters. The Hall–Kier alpha value is -1.35. The molecule has 3 heteroatoms. The van der Waals surface area contributed by atoms with Crippen LogP contribution in [0.25, 0.3) is 0 Å². The molecule has 1 atom stereocenters. The number of hydrogen-bond donors (Lipinski definition) is 0. The molecule has 19 heavy (non-hydrogen) atoms. The third-order valence-electron chi connectivity index (χ3n) is 4.60. The number of nitrogens with zero attached hydrogens (tertiary/aromatic N) is 2. The van der Waals surface area contributed by atoms with Crippen LogP contribution in [-0.2, 0) is 17.6 Å². The van der Waals surface area contributed by atoms with Crippen molar-refractivity contribution in [3.63, 3.8) is 0 Å². The van der Waals surface area contributed by atoms with Gasteiger partial charge in [-0.25, -0.2) is 0 Å². The lowest BCUT2D eigenvalue weighted by atomic mass is 9.87. The van der Waals surface area contributed by atoms with Crippen molar-refractivity contribution in [2.24, 2.45) is 0 Å². The van der Waals surface area contributed by atoms with Crippen molar-refractivity contribution < 1.29 is 4.79 Å². The van der Waals surface area contributed by atoms with Gasteiger partial charge in [0, 0.05) is 39.1 Å². The number of aryl methyl sites for hydroxylation is 1. The summed E-state index contributed by atoms with van der Waals surface area (Å²) in [7, 11) is 0. The van der Waals surface area contributed by atoms with E-state index >= 15 is 0 Å². The summed E-state index contributed by atoms with van der Waals surface area (Å²) >= 11 is 0. The zero-order chi connectivity index (χ0) is 13.2. The number of carbonyl (C=O) groups is 1. The molecule has 0 radical (unpaired) electrons. The highest BCUT2D eigenvalue weighted by molar-refractivity contribution is 5.73. The second kappa shape index (κ2) is 5.33. The molecule has 1 aromatic rings. The van der Waals surface area contributed by atoms with Crippen LogP contribution >= 0.6 is 0 Å². The van der Waals surface area contributed by atoms with Gasteiger partial charge in [-0.15, -0.1) is 0 Å². The third-order valence-corrected chi connectivity index (χ3v) is 4.60. The van der Waals surface area contributed by atoms with Gasteiger partial charge in [-0.3, -0.25) is 9.69 Å². The molecule has 0 N–H and O–H groups in total. The molecule has 0 saturated carbocycles. The average molecular weight is 258 g/mol. The number of carbonyl (C=O) groups excluding carboxylic acids is 1. The Morgan fingerprint density at radius 2 is 1.79 bits per heavy atom. The van der Waals surface area contributed by atoms with E-state index in [-0.39, 0.29) is 5.91 Å². The van der Waals surface area contributed by atoms with Gasteiger partial charge in [0.2, 0.25) is 5.91 Å². The first kappa shape index (κ1) is 12.7. The maximum absolute atomic E-state index is 11.4. The quantitative estimate of drug-likeness (QED) is 0.765. The molecule has 0 spiro atoms. The highest BCUT2D eigenvalue weighted by atomic mass is 16.2. The maximum Gasteiger partial charge on any atom is 0.219 e. The summed E-state index contributed by atoms with van der Waals surface area (Å²) < 4.78 is 0. The number of rotatable bonds is 1. The van der Waals surface area contributed by atoms with Crippen LogP contribution < -0.4 is 0 Å². The highest BCUT2D eigenvalue weighted by Crippen LogP contribution is 2.25. The molecular formula is C16H22N2O. The van der Waals surface area contributed by atoms with E-state index in [0.29, 0.717) is 6.04 Å².